The lowest BCUT2D eigenvalue weighted by Gasteiger charge is -2.21. The Labute approximate surface area is 127 Å². The first-order valence-electron chi connectivity index (χ1n) is 7.09. The molecule has 1 atom stereocenters. The SMILES string of the molecule is O=C(CSCC1CCCCO1)Nc1cnc2nccn2c1. The van der Waals surface area contributed by atoms with E-state index in [1.165, 1.54) is 6.42 Å². The van der Waals surface area contributed by atoms with Crippen LogP contribution in [0.5, 0.6) is 0 Å². The molecule has 1 fully saturated rings. The van der Waals surface area contributed by atoms with Gasteiger partial charge in [-0.25, -0.2) is 9.97 Å². The number of imidazole rings is 1. The fourth-order valence-electron chi connectivity index (χ4n) is 2.30. The lowest BCUT2D eigenvalue weighted by molar-refractivity contribution is -0.113. The number of nitrogens with zero attached hydrogens (tertiary/aromatic N) is 3. The number of aromatic nitrogens is 3. The second-order valence-electron chi connectivity index (χ2n) is 5.03. The quantitative estimate of drug-likeness (QED) is 0.914. The molecule has 0 radical (unpaired) electrons. The molecule has 0 saturated carbocycles. The summed E-state index contributed by atoms with van der Waals surface area (Å²) in [5, 5.41) is 2.85. The Morgan fingerprint density at radius 2 is 2.43 bits per heavy atom. The van der Waals surface area contributed by atoms with Crippen molar-refractivity contribution >= 4 is 29.1 Å². The first kappa shape index (κ1) is 14.3. The van der Waals surface area contributed by atoms with Crippen LogP contribution < -0.4 is 5.32 Å². The second kappa shape index (κ2) is 6.91. The van der Waals surface area contributed by atoms with E-state index in [9.17, 15) is 4.79 Å². The third-order valence-electron chi connectivity index (χ3n) is 3.34. The highest BCUT2D eigenvalue weighted by Gasteiger charge is 2.14. The Bertz CT molecular complexity index is 610. The zero-order chi connectivity index (χ0) is 14.5. The van der Waals surface area contributed by atoms with Crippen LogP contribution in [0.2, 0.25) is 0 Å². The highest BCUT2D eigenvalue weighted by Crippen LogP contribution is 2.17. The van der Waals surface area contributed by atoms with E-state index >= 15 is 0 Å². The molecular weight excluding hydrogens is 288 g/mol. The Balaban J connectivity index is 1.44. The highest BCUT2D eigenvalue weighted by atomic mass is 32.2. The number of amides is 1. The van der Waals surface area contributed by atoms with E-state index in [0.29, 0.717) is 23.3 Å². The van der Waals surface area contributed by atoms with Crippen LogP contribution in [-0.4, -0.2) is 44.5 Å². The smallest absolute Gasteiger partial charge is 0.234 e. The van der Waals surface area contributed by atoms with Gasteiger partial charge in [0, 0.05) is 31.0 Å². The van der Waals surface area contributed by atoms with Gasteiger partial charge in [-0.1, -0.05) is 0 Å². The molecule has 1 amide bonds. The Morgan fingerprint density at radius 1 is 1.48 bits per heavy atom. The number of hydrogen-bond donors (Lipinski definition) is 1. The predicted molar refractivity (Wildman–Crippen MR) is 82.5 cm³/mol. The molecular formula is C14H18N4O2S. The number of anilines is 1. The number of rotatable bonds is 5. The summed E-state index contributed by atoms with van der Waals surface area (Å²) in [6.07, 6.45) is 10.7. The number of fused-ring (bicyclic) bond motifs is 1. The molecule has 3 heterocycles. The van der Waals surface area contributed by atoms with Crippen LogP contribution in [0.3, 0.4) is 0 Å². The highest BCUT2D eigenvalue weighted by molar-refractivity contribution is 8.00. The van der Waals surface area contributed by atoms with Crippen LogP contribution in [-0.2, 0) is 9.53 Å². The summed E-state index contributed by atoms with van der Waals surface area (Å²) in [6.45, 7) is 0.855. The zero-order valence-electron chi connectivity index (χ0n) is 11.7. The van der Waals surface area contributed by atoms with Crippen LogP contribution >= 0.6 is 11.8 Å². The average Bonchev–Trinajstić information content (AvgIpc) is 2.96. The maximum Gasteiger partial charge on any atom is 0.234 e. The molecule has 0 aliphatic carbocycles. The third kappa shape index (κ3) is 3.95. The Morgan fingerprint density at radius 3 is 3.29 bits per heavy atom. The van der Waals surface area contributed by atoms with Gasteiger partial charge in [0.15, 0.2) is 0 Å². The van der Waals surface area contributed by atoms with Crippen LogP contribution in [0.1, 0.15) is 19.3 Å². The van der Waals surface area contributed by atoms with E-state index in [1.807, 2.05) is 6.20 Å². The average molecular weight is 306 g/mol. The summed E-state index contributed by atoms with van der Waals surface area (Å²) in [4.78, 5) is 20.1. The van der Waals surface area contributed by atoms with Gasteiger partial charge in [0.2, 0.25) is 11.7 Å². The predicted octanol–water partition coefficient (Wildman–Crippen LogP) is 1.97. The van der Waals surface area contributed by atoms with E-state index in [-0.39, 0.29) is 5.91 Å². The first-order chi connectivity index (χ1) is 10.3. The minimum Gasteiger partial charge on any atom is -0.377 e. The lowest BCUT2D eigenvalue weighted by atomic mass is 10.1. The summed E-state index contributed by atoms with van der Waals surface area (Å²) in [6, 6.07) is 0. The van der Waals surface area contributed by atoms with Gasteiger partial charge in [-0.2, -0.15) is 0 Å². The monoisotopic (exact) mass is 306 g/mol. The largest absolute Gasteiger partial charge is 0.377 e. The van der Waals surface area contributed by atoms with Gasteiger partial charge in [-0.3, -0.25) is 9.20 Å². The molecule has 1 aliphatic rings. The van der Waals surface area contributed by atoms with Crippen molar-refractivity contribution in [3.63, 3.8) is 0 Å². The number of nitrogens with one attached hydrogen (secondary N) is 1. The third-order valence-corrected chi connectivity index (χ3v) is 4.41. The van der Waals surface area contributed by atoms with Gasteiger partial charge in [-0.05, 0) is 19.3 Å². The van der Waals surface area contributed by atoms with Gasteiger partial charge < -0.3 is 10.1 Å². The molecule has 21 heavy (non-hydrogen) atoms. The molecule has 1 N–H and O–H groups in total. The molecule has 7 heteroatoms. The molecule has 1 unspecified atom stereocenters. The summed E-state index contributed by atoms with van der Waals surface area (Å²) in [5.74, 6) is 1.92. The number of carbonyl (C=O) groups excluding carboxylic acids is 1. The number of hydrogen-bond acceptors (Lipinski definition) is 5. The molecule has 1 saturated heterocycles. The summed E-state index contributed by atoms with van der Waals surface area (Å²) in [7, 11) is 0. The van der Waals surface area contributed by atoms with Crippen LogP contribution in [0.15, 0.2) is 24.8 Å². The van der Waals surface area contributed by atoms with Crippen molar-refractivity contribution in [2.24, 2.45) is 0 Å². The summed E-state index contributed by atoms with van der Waals surface area (Å²) < 4.78 is 7.42. The van der Waals surface area contributed by atoms with E-state index in [0.717, 1.165) is 25.2 Å². The lowest BCUT2D eigenvalue weighted by Crippen LogP contribution is -2.23. The number of ether oxygens (including phenoxy) is 1. The molecule has 112 valence electrons. The van der Waals surface area contributed by atoms with Crippen LogP contribution in [0.4, 0.5) is 5.69 Å². The van der Waals surface area contributed by atoms with E-state index in [1.54, 1.807) is 34.8 Å². The number of thioether (sulfide) groups is 1. The van der Waals surface area contributed by atoms with Gasteiger partial charge in [0.1, 0.15) is 0 Å². The fraction of sp³-hybridized carbons (Fsp3) is 0.500. The molecule has 0 bridgehead atoms. The summed E-state index contributed by atoms with van der Waals surface area (Å²) >= 11 is 1.62. The molecule has 3 rings (SSSR count). The minimum atomic E-state index is -0.0166. The molecule has 6 nitrogen and oxygen atoms in total. The van der Waals surface area contributed by atoms with Crippen LogP contribution in [0, 0.1) is 0 Å². The van der Waals surface area contributed by atoms with Crippen molar-refractivity contribution in [3.05, 3.63) is 24.8 Å². The van der Waals surface area contributed by atoms with Crippen molar-refractivity contribution in [2.75, 3.05) is 23.4 Å². The summed E-state index contributed by atoms with van der Waals surface area (Å²) in [5.41, 5.74) is 0.681. The zero-order valence-corrected chi connectivity index (χ0v) is 12.5. The van der Waals surface area contributed by atoms with Gasteiger partial charge in [0.05, 0.1) is 23.7 Å². The van der Waals surface area contributed by atoms with Gasteiger partial charge in [-0.15, -0.1) is 11.8 Å². The Kier molecular flexibility index (Phi) is 4.72. The van der Waals surface area contributed by atoms with Gasteiger partial charge in [0.25, 0.3) is 0 Å². The maximum atomic E-state index is 11.9. The Hall–Kier alpha value is -1.60. The standard InChI is InChI=1S/C14H18N4O2S/c19-13(10-21-9-12-3-1-2-6-20-12)17-11-7-16-14-15-4-5-18(14)8-11/h4-5,7-8,12H,1-3,6,9-10H2,(H,17,19). The van der Waals surface area contributed by atoms with E-state index in [2.05, 4.69) is 15.3 Å². The minimum absolute atomic E-state index is 0.0166. The van der Waals surface area contributed by atoms with E-state index < -0.39 is 0 Å². The van der Waals surface area contributed by atoms with Crippen LogP contribution in [0.25, 0.3) is 5.78 Å². The first-order valence-corrected chi connectivity index (χ1v) is 8.24. The molecule has 0 aromatic carbocycles. The molecule has 0 spiro atoms. The van der Waals surface area contributed by atoms with Crippen molar-refractivity contribution in [2.45, 2.75) is 25.4 Å². The topological polar surface area (TPSA) is 68.5 Å². The molecule has 2 aromatic heterocycles. The maximum absolute atomic E-state index is 11.9. The van der Waals surface area contributed by atoms with Crippen molar-refractivity contribution < 1.29 is 9.53 Å². The van der Waals surface area contributed by atoms with Crippen molar-refractivity contribution in [1.29, 1.82) is 0 Å². The normalized spacial score (nSPS) is 18.8. The van der Waals surface area contributed by atoms with Crippen molar-refractivity contribution in [3.8, 4) is 0 Å². The fourth-order valence-corrected chi connectivity index (χ4v) is 3.20. The molecule has 1 aliphatic heterocycles. The second-order valence-corrected chi connectivity index (χ2v) is 6.06. The van der Waals surface area contributed by atoms with E-state index in [4.69, 9.17) is 4.74 Å². The number of carbonyl (C=O) groups is 1. The molecule has 2 aromatic rings. The van der Waals surface area contributed by atoms with Crippen molar-refractivity contribution in [1.82, 2.24) is 14.4 Å². The van der Waals surface area contributed by atoms with Gasteiger partial charge >= 0.3 is 0 Å².